The van der Waals surface area contributed by atoms with Gasteiger partial charge in [-0.2, -0.15) is 0 Å². The van der Waals surface area contributed by atoms with E-state index in [4.69, 9.17) is 10.5 Å². The van der Waals surface area contributed by atoms with E-state index in [1.807, 2.05) is 30.3 Å². The van der Waals surface area contributed by atoms with E-state index in [1.165, 1.54) is 30.2 Å². The van der Waals surface area contributed by atoms with E-state index in [0.717, 1.165) is 5.56 Å². The number of nitrogens with zero attached hydrogens (tertiary/aromatic N) is 2. The summed E-state index contributed by atoms with van der Waals surface area (Å²) in [6, 6.07) is 8.69. The summed E-state index contributed by atoms with van der Waals surface area (Å²) < 4.78 is 5.36. The van der Waals surface area contributed by atoms with Crippen LogP contribution in [0.3, 0.4) is 0 Å². The van der Waals surface area contributed by atoms with Gasteiger partial charge in [-0.25, -0.2) is 4.79 Å². The number of benzene rings is 1. The number of amides is 1. The monoisotopic (exact) mass is 352 g/mol. The number of methoxy groups -OCH3 is 1. The first-order valence-electron chi connectivity index (χ1n) is 6.71. The molecule has 0 bridgehead atoms. The normalized spacial score (nSPS) is 11.7. The molecule has 0 fully saturated rings. The molecule has 1 heterocycles. The predicted molar refractivity (Wildman–Crippen MR) is 89.1 cm³/mol. The Labute approximate surface area is 141 Å². The Morgan fingerprint density at radius 1 is 1.35 bits per heavy atom. The SMILES string of the molecule is COC(=O)C(Cc1ccccc1)NC(=O)CSc1nnc(N)s1. The third-order valence-electron chi connectivity index (χ3n) is 2.85. The largest absolute Gasteiger partial charge is 0.467 e. The molecule has 9 heteroatoms. The van der Waals surface area contributed by atoms with Crippen molar-refractivity contribution in [1.29, 1.82) is 0 Å². The quantitative estimate of drug-likeness (QED) is 0.568. The number of anilines is 1. The van der Waals surface area contributed by atoms with Gasteiger partial charge in [0, 0.05) is 6.42 Å². The fourth-order valence-corrected chi connectivity index (χ4v) is 3.27. The minimum absolute atomic E-state index is 0.122. The molecular weight excluding hydrogens is 336 g/mol. The van der Waals surface area contributed by atoms with Gasteiger partial charge in [0.1, 0.15) is 6.04 Å². The zero-order chi connectivity index (χ0) is 16.7. The van der Waals surface area contributed by atoms with Gasteiger partial charge in [-0.05, 0) is 5.56 Å². The van der Waals surface area contributed by atoms with Crippen LogP contribution in [0.2, 0.25) is 0 Å². The smallest absolute Gasteiger partial charge is 0.328 e. The topological polar surface area (TPSA) is 107 Å². The Kier molecular flexibility index (Phi) is 6.36. The van der Waals surface area contributed by atoms with Gasteiger partial charge in [-0.1, -0.05) is 53.4 Å². The number of nitrogens with two attached hydrogens (primary N) is 1. The van der Waals surface area contributed by atoms with Crippen molar-refractivity contribution < 1.29 is 14.3 Å². The summed E-state index contributed by atoms with van der Waals surface area (Å²) in [6.07, 6.45) is 0.371. The van der Waals surface area contributed by atoms with Gasteiger partial charge in [0.05, 0.1) is 12.9 Å². The number of hydrogen-bond donors (Lipinski definition) is 2. The molecule has 0 aliphatic carbocycles. The molecule has 2 aromatic rings. The van der Waals surface area contributed by atoms with Crippen LogP contribution in [-0.4, -0.2) is 41.0 Å². The molecule has 0 spiro atoms. The molecule has 2 rings (SSSR count). The lowest BCUT2D eigenvalue weighted by atomic mass is 10.1. The van der Waals surface area contributed by atoms with Crippen LogP contribution >= 0.6 is 23.1 Å². The van der Waals surface area contributed by atoms with Crippen molar-refractivity contribution >= 4 is 40.1 Å². The summed E-state index contributed by atoms with van der Waals surface area (Å²) in [5, 5.41) is 10.5. The number of carbonyl (C=O) groups excluding carboxylic acids is 2. The van der Waals surface area contributed by atoms with Gasteiger partial charge < -0.3 is 15.8 Å². The van der Waals surface area contributed by atoms with Gasteiger partial charge in [0.15, 0.2) is 4.34 Å². The second kappa shape index (κ2) is 8.49. The average molecular weight is 352 g/mol. The van der Waals surface area contributed by atoms with Crippen molar-refractivity contribution in [2.75, 3.05) is 18.6 Å². The second-order valence-electron chi connectivity index (χ2n) is 4.53. The molecule has 122 valence electrons. The minimum Gasteiger partial charge on any atom is -0.467 e. The molecule has 1 aromatic heterocycles. The summed E-state index contributed by atoms with van der Waals surface area (Å²) >= 11 is 2.43. The number of ether oxygens (including phenoxy) is 1. The molecule has 0 aliphatic rings. The van der Waals surface area contributed by atoms with Crippen LogP contribution < -0.4 is 11.1 Å². The van der Waals surface area contributed by atoms with Crippen molar-refractivity contribution in [2.24, 2.45) is 0 Å². The third kappa shape index (κ3) is 5.53. The fourth-order valence-electron chi connectivity index (χ4n) is 1.83. The van der Waals surface area contributed by atoms with Crippen molar-refractivity contribution in [3.05, 3.63) is 35.9 Å². The molecule has 0 saturated heterocycles. The maximum Gasteiger partial charge on any atom is 0.328 e. The van der Waals surface area contributed by atoms with Gasteiger partial charge in [0.2, 0.25) is 11.0 Å². The molecule has 7 nitrogen and oxygen atoms in total. The Morgan fingerprint density at radius 3 is 2.70 bits per heavy atom. The van der Waals surface area contributed by atoms with E-state index in [0.29, 0.717) is 15.9 Å². The molecule has 3 N–H and O–H groups in total. The van der Waals surface area contributed by atoms with Crippen molar-refractivity contribution in [2.45, 2.75) is 16.8 Å². The molecular formula is C14H16N4O3S2. The van der Waals surface area contributed by atoms with Crippen LogP contribution in [0, 0.1) is 0 Å². The van der Waals surface area contributed by atoms with Crippen molar-refractivity contribution in [3.63, 3.8) is 0 Å². The number of rotatable bonds is 7. The first kappa shape index (κ1) is 17.2. The first-order chi connectivity index (χ1) is 11.1. The lowest BCUT2D eigenvalue weighted by Crippen LogP contribution is -2.43. The first-order valence-corrected chi connectivity index (χ1v) is 8.51. The molecule has 0 saturated carbocycles. The number of carbonyl (C=O) groups is 2. The molecule has 23 heavy (non-hydrogen) atoms. The van der Waals surface area contributed by atoms with Crippen LogP contribution in [0.1, 0.15) is 5.56 Å². The van der Waals surface area contributed by atoms with Crippen molar-refractivity contribution in [3.8, 4) is 0 Å². The Morgan fingerprint density at radius 2 is 2.09 bits per heavy atom. The second-order valence-corrected chi connectivity index (χ2v) is 6.76. The standard InChI is InChI=1S/C14H16N4O3S2/c1-21-12(20)10(7-9-5-3-2-4-6-9)16-11(19)8-22-14-18-17-13(15)23-14/h2-6,10H,7-8H2,1H3,(H2,15,17)(H,16,19). The Hall–Kier alpha value is -2.13. The maximum atomic E-state index is 12.0. The fraction of sp³-hybridized carbons (Fsp3) is 0.286. The van der Waals surface area contributed by atoms with Crippen LogP contribution in [-0.2, 0) is 20.7 Å². The minimum atomic E-state index is -0.727. The van der Waals surface area contributed by atoms with E-state index in [9.17, 15) is 9.59 Å². The number of nitrogen functional groups attached to an aromatic ring is 1. The summed E-state index contributed by atoms with van der Waals surface area (Å²) in [5.41, 5.74) is 6.42. The Bertz CT molecular complexity index is 663. The summed E-state index contributed by atoms with van der Waals surface area (Å²) in [6.45, 7) is 0. The lowest BCUT2D eigenvalue weighted by molar-refractivity contribution is -0.144. The zero-order valence-corrected chi connectivity index (χ0v) is 14.0. The van der Waals surface area contributed by atoms with E-state index in [1.54, 1.807) is 0 Å². The lowest BCUT2D eigenvalue weighted by Gasteiger charge is -2.16. The van der Waals surface area contributed by atoms with Crippen LogP contribution in [0.25, 0.3) is 0 Å². The third-order valence-corrected chi connectivity index (χ3v) is 4.74. The molecule has 1 unspecified atom stereocenters. The van der Waals surface area contributed by atoms with E-state index < -0.39 is 12.0 Å². The van der Waals surface area contributed by atoms with Gasteiger partial charge in [-0.15, -0.1) is 10.2 Å². The summed E-state index contributed by atoms with van der Waals surface area (Å²) in [4.78, 5) is 23.9. The van der Waals surface area contributed by atoms with Gasteiger partial charge >= 0.3 is 5.97 Å². The van der Waals surface area contributed by atoms with Crippen molar-refractivity contribution in [1.82, 2.24) is 15.5 Å². The van der Waals surface area contributed by atoms with E-state index in [-0.39, 0.29) is 11.7 Å². The number of nitrogens with one attached hydrogen (secondary N) is 1. The van der Waals surface area contributed by atoms with Crippen LogP contribution in [0.15, 0.2) is 34.7 Å². The number of aromatic nitrogens is 2. The number of hydrogen-bond acceptors (Lipinski definition) is 8. The van der Waals surface area contributed by atoms with Crippen LogP contribution in [0.4, 0.5) is 5.13 Å². The summed E-state index contributed by atoms with van der Waals surface area (Å²) in [7, 11) is 1.30. The molecule has 1 amide bonds. The average Bonchev–Trinajstić information content (AvgIpc) is 2.98. The molecule has 0 aliphatic heterocycles. The van der Waals surface area contributed by atoms with Gasteiger partial charge in [-0.3, -0.25) is 4.79 Å². The zero-order valence-electron chi connectivity index (χ0n) is 12.4. The highest BCUT2D eigenvalue weighted by molar-refractivity contribution is 8.01. The molecule has 1 aromatic carbocycles. The maximum absolute atomic E-state index is 12.0. The van der Waals surface area contributed by atoms with Gasteiger partial charge in [0.25, 0.3) is 0 Å². The highest BCUT2D eigenvalue weighted by atomic mass is 32.2. The van der Waals surface area contributed by atoms with Crippen LogP contribution in [0.5, 0.6) is 0 Å². The highest BCUT2D eigenvalue weighted by Gasteiger charge is 2.22. The molecule has 0 radical (unpaired) electrons. The van der Waals surface area contributed by atoms with E-state index >= 15 is 0 Å². The number of thioether (sulfide) groups is 1. The summed E-state index contributed by atoms with van der Waals surface area (Å²) in [5.74, 6) is -0.640. The molecule has 1 atom stereocenters. The number of esters is 1. The Balaban J connectivity index is 1.91. The highest BCUT2D eigenvalue weighted by Crippen LogP contribution is 2.23. The predicted octanol–water partition coefficient (Wildman–Crippen LogP) is 1.11. The van der Waals surface area contributed by atoms with E-state index in [2.05, 4.69) is 15.5 Å².